The molecule has 0 spiro atoms. The molecule has 5 nitrogen and oxygen atoms in total. The van der Waals surface area contributed by atoms with Gasteiger partial charge in [-0.1, -0.05) is 72.8 Å². The normalized spacial score (nSPS) is 15.1. The third kappa shape index (κ3) is 3.28. The molecule has 30 heavy (non-hydrogen) atoms. The summed E-state index contributed by atoms with van der Waals surface area (Å²) in [5, 5.41) is 8.70. The minimum atomic E-state index is -0.255. The first-order valence-corrected chi connectivity index (χ1v) is 10.1. The van der Waals surface area contributed by atoms with Crippen LogP contribution in [0.2, 0.25) is 0 Å². The number of amides is 1. The molecule has 4 aromatic rings. The number of benzene rings is 3. The fourth-order valence-corrected chi connectivity index (χ4v) is 4.20. The highest BCUT2D eigenvalue weighted by Gasteiger charge is 2.25. The van der Waals surface area contributed by atoms with E-state index >= 15 is 0 Å². The number of carbonyl (C=O) groups excluding carboxylic acids is 1. The highest BCUT2D eigenvalue weighted by molar-refractivity contribution is 6.04. The Kier molecular flexibility index (Phi) is 4.64. The summed E-state index contributed by atoms with van der Waals surface area (Å²) in [6.45, 7) is 0.317. The van der Waals surface area contributed by atoms with Crippen LogP contribution in [0.25, 0.3) is 10.8 Å². The Morgan fingerprint density at radius 1 is 0.933 bits per heavy atom. The monoisotopic (exact) mass is 395 g/mol. The van der Waals surface area contributed by atoms with E-state index in [1.54, 1.807) is 12.1 Å². The molecule has 1 atom stereocenters. The van der Waals surface area contributed by atoms with Crippen molar-refractivity contribution >= 4 is 16.7 Å². The van der Waals surface area contributed by atoms with E-state index in [0.29, 0.717) is 17.3 Å². The van der Waals surface area contributed by atoms with Gasteiger partial charge in [0, 0.05) is 5.39 Å². The van der Waals surface area contributed by atoms with E-state index in [1.807, 2.05) is 54.6 Å². The number of aromatic nitrogens is 2. The molecule has 1 amide bonds. The molecule has 148 valence electrons. The molecule has 0 saturated carbocycles. The predicted octanol–water partition coefficient (Wildman–Crippen LogP) is 3.86. The number of nitrogens with zero attached hydrogens (tertiary/aromatic N) is 2. The highest BCUT2D eigenvalue weighted by atomic mass is 16.2. The maximum Gasteiger partial charge on any atom is 0.274 e. The summed E-state index contributed by atoms with van der Waals surface area (Å²) in [4.78, 5) is 26.2. The zero-order chi connectivity index (χ0) is 20.5. The van der Waals surface area contributed by atoms with Gasteiger partial charge in [0.05, 0.1) is 18.0 Å². The molecule has 0 bridgehead atoms. The summed E-state index contributed by atoms with van der Waals surface area (Å²) in [7, 11) is 0. The van der Waals surface area contributed by atoms with Crippen LogP contribution < -0.4 is 10.9 Å². The largest absolute Gasteiger partial charge is 0.344 e. The number of carbonyl (C=O) groups is 1. The van der Waals surface area contributed by atoms with Crippen molar-refractivity contribution in [2.45, 2.75) is 25.4 Å². The topological polar surface area (TPSA) is 64.0 Å². The minimum Gasteiger partial charge on any atom is -0.344 e. The van der Waals surface area contributed by atoms with Gasteiger partial charge in [-0.15, -0.1) is 0 Å². The van der Waals surface area contributed by atoms with Gasteiger partial charge in [0.1, 0.15) is 0 Å². The van der Waals surface area contributed by atoms with Crippen molar-refractivity contribution in [3.05, 3.63) is 112 Å². The summed E-state index contributed by atoms with van der Waals surface area (Å²) in [6.07, 6.45) is 1.81. The molecule has 1 heterocycles. The van der Waals surface area contributed by atoms with Crippen LogP contribution in [0.15, 0.2) is 83.7 Å². The van der Waals surface area contributed by atoms with Gasteiger partial charge in [-0.25, -0.2) is 4.68 Å². The van der Waals surface area contributed by atoms with Gasteiger partial charge in [-0.05, 0) is 35.6 Å². The van der Waals surface area contributed by atoms with Crippen molar-refractivity contribution < 1.29 is 4.79 Å². The van der Waals surface area contributed by atoms with Crippen LogP contribution in [0.4, 0.5) is 0 Å². The molecule has 0 radical (unpaired) electrons. The van der Waals surface area contributed by atoms with Crippen LogP contribution in [0.1, 0.15) is 39.6 Å². The summed E-state index contributed by atoms with van der Waals surface area (Å²) >= 11 is 0. The Morgan fingerprint density at radius 2 is 1.63 bits per heavy atom. The minimum absolute atomic E-state index is 0.0382. The van der Waals surface area contributed by atoms with Crippen LogP contribution in [-0.2, 0) is 13.0 Å². The van der Waals surface area contributed by atoms with Gasteiger partial charge in [0.15, 0.2) is 5.69 Å². The SMILES string of the molecule is O=C(N[C@@H]1CCc2ccccc21)c1nn(Cc2ccccc2)c(=O)c2ccccc12. The number of aryl methyl sites for hydroxylation is 1. The first-order chi connectivity index (χ1) is 14.7. The molecule has 1 aliphatic carbocycles. The third-order valence-electron chi connectivity index (χ3n) is 5.70. The smallest absolute Gasteiger partial charge is 0.274 e. The van der Waals surface area contributed by atoms with Gasteiger partial charge in [0.25, 0.3) is 11.5 Å². The lowest BCUT2D eigenvalue weighted by Crippen LogP contribution is -2.32. The Labute approximate surface area is 174 Å². The maximum absolute atomic E-state index is 13.3. The van der Waals surface area contributed by atoms with Gasteiger partial charge < -0.3 is 5.32 Å². The first-order valence-electron chi connectivity index (χ1n) is 10.1. The van der Waals surface area contributed by atoms with Gasteiger partial charge in [-0.2, -0.15) is 5.10 Å². The molecule has 5 rings (SSSR count). The summed E-state index contributed by atoms with van der Waals surface area (Å²) in [6, 6.07) is 25.0. The second-order valence-corrected chi connectivity index (χ2v) is 7.61. The van der Waals surface area contributed by atoms with Crippen molar-refractivity contribution in [1.29, 1.82) is 0 Å². The third-order valence-corrected chi connectivity index (χ3v) is 5.70. The lowest BCUT2D eigenvalue weighted by Gasteiger charge is -2.16. The molecule has 0 saturated heterocycles. The van der Waals surface area contributed by atoms with E-state index in [2.05, 4.69) is 22.5 Å². The quantitative estimate of drug-likeness (QED) is 0.571. The van der Waals surface area contributed by atoms with E-state index in [9.17, 15) is 9.59 Å². The zero-order valence-corrected chi connectivity index (χ0v) is 16.4. The standard InChI is InChI=1S/C25H21N3O2/c29-24(26-22-15-14-18-10-4-5-11-19(18)22)23-20-12-6-7-13-21(20)25(30)28(27-23)16-17-8-2-1-3-9-17/h1-13,22H,14-16H2,(H,26,29)/t22-/m1/s1. The van der Waals surface area contributed by atoms with Crippen molar-refractivity contribution in [2.75, 3.05) is 0 Å². The Bertz CT molecular complexity index is 1290. The summed E-state index contributed by atoms with van der Waals surface area (Å²) < 4.78 is 1.38. The fourth-order valence-electron chi connectivity index (χ4n) is 4.20. The highest BCUT2D eigenvalue weighted by Crippen LogP contribution is 2.31. The molecule has 5 heteroatoms. The van der Waals surface area contributed by atoms with E-state index in [-0.39, 0.29) is 23.2 Å². The van der Waals surface area contributed by atoms with E-state index in [1.165, 1.54) is 10.2 Å². The van der Waals surface area contributed by atoms with Crippen molar-refractivity contribution in [2.24, 2.45) is 0 Å². The molecular formula is C25H21N3O2. The van der Waals surface area contributed by atoms with Gasteiger partial charge in [0.2, 0.25) is 0 Å². The number of hydrogen-bond donors (Lipinski definition) is 1. The summed E-state index contributed by atoms with van der Waals surface area (Å²) in [5.41, 5.74) is 3.48. The zero-order valence-electron chi connectivity index (χ0n) is 16.4. The Hall–Kier alpha value is -3.73. The number of fused-ring (bicyclic) bond motifs is 2. The average molecular weight is 395 g/mol. The average Bonchev–Trinajstić information content (AvgIpc) is 3.19. The van der Waals surface area contributed by atoms with Crippen LogP contribution in [0.3, 0.4) is 0 Å². The molecule has 0 aliphatic heterocycles. The van der Waals surface area contributed by atoms with Crippen molar-refractivity contribution in [3.63, 3.8) is 0 Å². The fraction of sp³-hybridized carbons (Fsp3) is 0.160. The number of nitrogens with one attached hydrogen (secondary N) is 1. The Balaban J connectivity index is 1.54. The molecule has 3 aromatic carbocycles. The summed E-state index contributed by atoms with van der Waals surface area (Å²) in [5.74, 6) is -0.255. The van der Waals surface area contributed by atoms with Crippen LogP contribution in [-0.4, -0.2) is 15.7 Å². The second kappa shape index (κ2) is 7.59. The van der Waals surface area contributed by atoms with Gasteiger partial charge in [-0.3, -0.25) is 9.59 Å². The maximum atomic E-state index is 13.3. The van der Waals surface area contributed by atoms with Crippen molar-refractivity contribution in [3.8, 4) is 0 Å². The molecule has 1 N–H and O–H groups in total. The molecule has 0 fully saturated rings. The van der Waals surface area contributed by atoms with Crippen LogP contribution >= 0.6 is 0 Å². The first kappa shape index (κ1) is 18.3. The Morgan fingerprint density at radius 3 is 2.47 bits per heavy atom. The second-order valence-electron chi connectivity index (χ2n) is 7.61. The predicted molar refractivity (Wildman–Crippen MR) is 117 cm³/mol. The van der Waals surface area contributed by atoms with Crippen LogP contribution in [0, 0.1) is 0 Å². The lowest BCUT2D eigenvalue weighted by atomic mass is 10.1. The molecule has 0 unspecified atom stereocenters. The number of hydrogen-bond acceptors (Lipinski definition) is 3. The van der Waals surface area contributed by atoms with E-state index < -0.39 is 0 Å². The van der Waals surface area contributed by atoms with Gasteiger partial charge >= 0.3 is 0 Å². The van der Waals surface area contributed by atoms with Crippen LogP contribution in [0.5, 0.6) is 0 Å². The molecule has 1 aliphatic rings. The van der Waals surface area contributed by atoms with E-state index in [0.717, 1.165) is 24.0 Å². The number of rotatable bonds is 4. The molecule has 1 aromatic heterocycles. The lowest BCUT2D eigenvalue weighted by molar-refractivity contribution is 0.0931. The molecular weight excluding hydrogens is 374 g/mol. The van der Waals surface area contributed by atoms with E-state index in [4.69, 9.17) is 0 Å². The van der Waals surface area contributed by atoms with Crippen molar-refractivity contribution in [1.82, 2.24) is 15.1 Å².